The van der Waals surface area contributed by atoms with Gasteiger partial charge in [0.05, 0.1) is 6.10 Å². The van der Waals surface area contributed by atoms with Crippen LogP contribution in [-0.2, 0) is 4.79 Å². The average molecular weight is 185 g/mol. The van der Waals surface area contributed by atoms with Crippen LogP contribution in [-0.4, -0.2) is 35.1 Å². The van der Waals surface area contributed by atoms with E-state index in [2.05, 4.69) is 0 Å². The van der Waals surface area contributed by atoms with E-state index >= 15 is 0 Å². The first-order valence-corrected chi connectivity index (χ1v) is 4.75. The number of rotatable bonds is 5. The van der Waals surface area contributed by atoms with Gasteiger partial charge in [-0.3, -0.25) is 4.79 Å². The Labute approximate surface area is 80.0 Å². The highest BCUT2D eigenvalue weighted by molar-refractivity contribution is 5.87. The molecule has 1 atom stereocenters. The van der Waals surface area contributed by atoms with Gasteiger partial charge in [0.25, 0.3) is 0 Å². The summed E-state index contributed by atoms with van der Waals surface area (Å²) in [6.07, 6.45) is 3.40. The largest absolute Gasteiger partial charge is 0.393 e. The van der Waals surface area contributed by atoms with E-state index in [1.165, 1.54) is 6.08 Å². The summed E-state index contributed by atoms with van der Waals surface area (Å²) in [5.74, 6) is 0.0191. The molecule has 1 unspecified atom stereocenters. The maximum atomic E-state index is 11.3. The van der Waals surface area contributed by atoms with Crippen molar-refractivity contribution in [2.45, 2.75) is 33.3 Å². The molecule has 3 heteroatoms. The van der Waals surface area contributed by atoms with Crippen molar-refractivity contribution >= 4 is 5.91 Å². The number of aliphatic hydroxyl groups is 1. The normalized spacial score (nSPS) is 13.2. The molecule has 0 fully saturated rings. The van der Waals surface area contributed by atoms with Crippen molar-refractivity contribution in [3.8, 4) is 0 Å². The minimum Gasteiger partial charge on any atom is -0.393 e. The molecule has 0 aliphatic heterocycles. The molecule has 0 aromatic rings. The monoisotopic (exact) mass is 185 g/mol. The van der Waals surface area contributed by atoms with Crippen LogP contribution in [0.3, 0.4) is 0 Å². The quantitative estimate of drug-likeness (QED) is 0.653. The minimum atomic E-state index is -0.374. The maximum Gasteiger partial charge on any atom is 0.246 e. The molecule has 0 saturated carbocycles. The second kappa shape index (κ2) is 6.66. The zero-order chi connectivity index (χ0) is 10.3. The number of carbonyl (C=O) groups is 1. The van der Waals surface area contributed by atoms with E-state index in [0.717, 1.165) is 13.1 Å². The Morgan fingerprint density at radius 1 is 1.46 bits per heavy atom. The van der Waals surface area contributed by atoms with Crippen LogP contribution < -0.4 is 0 Å². The van der Waals surface area contributed by atoms with Gasteiger partial charge in [0.15, 0.2) is 0 Å². The summed E-state index contributed by atoms with van der Waals surface area (Å²) in [5, 5.41) is 8.94. The molecule has 0 radical (unpaired) electrons. The van der Waals surface area contributed by atoms with Gasteiger partial charge in [-0.25, -0.2) is 0 Å². The summed E-state index contributed by atoms with van der Waals surface area (Å²) in [4.78, 5) is 13.1. The SMILES string of the molecule is CCN(CC)C(=O)C=CCC(C)O. The van der Waals surface area contributed by atoms with E-state index in [1.54, 1.807) is 17.9 Å². The first kappa shape index (κ1) is 12.2. The van der Waals surface area contributed by atoms with E-state index in [-0.39, 0.29) is 12.0 Å². The first-order chi connectivity index (χ1) is 6.11. The molecule has 0 saturated heterocycles. The van der Waals surface area contributed by atoms with Gasteiger partial charge < -0.3 is 10.0 Å². The Hall–Kier alpha value is -0.830. The molecule has 0 heterocycles. The van der Waals surface area contributed by atoms with Crippen LogP contribution in [0.15, 0.2) is 12.2 Å². The van der Waals surface area contributed by atoms with Crippen LogP contribution in [0.1, 0.15) is 27.2 Å². The Balaban J connectivity index is 3.90. The maximum absolute atomic E-state index is 11.3. The Morgan fingerprint density at radius 2 is 2.00 bits per heavy atom. The molecular weight excluding hydrogens is 166 g/mol. The third kappa shape index (κ3) is 5.42. The van der Waals surface area contributed by atoms with Crippen molar-refractivity contribution in [3.63, 3.8) is 0 Å². The molecule has 0 aliphatic carbocycles. The van der Waals surface area contributed by atoms with E-state index in [1.807, 2.05) is 13.8 Å². The highest BCUT2D eigenvalue weighted by Gasteiger charge is 2.03. The molecule has 0 aromatic carbocycles. The summed E-state index contributed by atoms with van der Waals surface area (Å²) in [5.41, 5.74) is 0. The Bertz CT molecular complexity index is 172. The second-order valence-electron chi connectivity index (χ2n) is 3.00. The summed E-state index contributed by atoms with van der Waals surface area (Å²) in [7, 11) is 0. The van der Waals surface area contributed by atoms with Crippen LogP contribution in [0.2, 0.25) is 0 Å². The number of likely N-dealkylation sites (N-methyl/N-ethyl adjacent to an activating group) is 1. The molecule has 1 amide bonds. The van der Waals surface area contributed by atoms with Crippen molar-refractivity contribution in [1.82, 2.24) is 4.90 Å². The average Bonchev–Trinajstić information content (AvgIpc) is 2.05. The molecule has 0 bridgehead atoms. The lowest BCUT2D eigenvalue weighted by Crippen LogP contribution is -2.28. The summed E-state index contributed by atoms with van der Waals surface area (Å²) < 4.78 is 0. The molecule has 0 aliphatic rings. The lowest BCUT2D eigenvalue weighted by molar-refractivity contribution is -0.125. The lowest BCUT2D eigenvalue weighted by Gasteiger charge is -2.15. The molecular formula is C10H19NO2. The van der Waals surface area contributed by atoms with Gasteiger partial charge in [-0.15, -0.1) is 0 Å². The van der Waals surface area contributed by atoms with Gasteiger partial charge in [0.1, 0.15) is 0 Å². The number of hydrogen-bond acceptors (Lipinski definition) is 2. The summed E-state index contributed by atoms with van der Waals surface area (Å²) in [6.45, 7) is 7.06. The second-order valence-corrected chi connectivity index (χ2v) is 3.00. The van der Waals surface area contributed by atoms with Crippen molar-refractivity contribution < 1.29 is 9.90 Å². The van der Waals surface area contributed by atoms with Gasteiger partial charge >= 0.3 is 0 Å². The molecule has 0 rings (SSSR count). The van der Waals surface area contributed by atoms with Crippen molar-refractivity contribution in [3.05, 3.63) is 12.2 Å². The summed E-state index contributed by atoms with van der Waals surface area (Å²) >= 11 is 0. The number of hydrogen-bond donors (Lipinski definition) is 1. The van der Waals surface area contributed by atoms with Crippen molar-refractivity contribution in [2.75, 3.05) is 13.1 Å². The van der Waals surface area contributed by atoms with E-state index in [0.29, 0.717) is 6.42 Å². The topological polar surface area (TPSA) is 40.5 Å². The van der Waals surface area contributed by atoms with Crippen LogP contribution in [0, 0.1) is 0 Å². The highest BCUT2D eigenvalue weighted by Crippen LogP contribution is 1.94. The van der Waals surface area contributed by atoms with Gasteiger partial charge in [-0.2, -0.15) is 0 Å². The van der Waals surface area contributed by atoms with Crippen molar-refractivity contribution in [2.24, 2.45) is 0 Å². The molecule has 13 heavy (non-hydrogen) atoms. The zero-order valence-corrected chi connectivity index (χ0v) is 8.66. The third-order valence-electron chi connectivity index (χ3n) is 1.81. The van der Waals surface area contributed by atoms with E-state index in [9.17, 15) is 4.79 Å². The molecule has 76 valence electrons. The Morgan fingerprint density at radius 3 is 2.38 bits per heavy atom. The van der Waals surface area contributed by atoms with Gasteiger partial charge in [0.2, 0.25) is 5.91 Å². The zero-order valence-electron chi connectivity index (χ0n) is 8.66. The van der Waals surface area contributed by atoms with Crippen LogP contribution >= 0.6 is 0 Å². The minimum absolute atomic E-state index is 0.0191. The fourth-order valence-electron chi connectivity index (χ4n) is 1.01. The third-order valence-corrected chi connectivity index (χ3v) is 1.81. The van der Waals surface area contributed by atoms with Gasteiger partial charge in [-0.05, 0) is 33.3 Å². The number of aliphatic hydroxyl groups excluding tert-OH is 1. The smallest absolute Gasteiger partial charge is 0.246 e. The standard InChI is InChI=1S/C10H19NO2/c1-4-11(5-2)10(13)8-6-7-9(3)12/h6,8-9,12H,4-5,7H2,1-3H3. The number of carbonyl (C=O) groups excluding carboxylic acids is 1. The molecule has 1 N–H and O–H groups in total. The predicted molar refractivity (Wildman–Crippen MR) is 53.4 cm³/mol. The lowest BCUT2D eigenvalue weighted by atomic mass is 10.2. The molecule has 0 spiro atoms. The molecule has 3 nitrogen and oxygen atoms in total. The van der Waals surface area contributed by atoms with Gasteiger partial charge in [0, 0.05) is 13.1 Å². The van der Waals surface area contributed by atoms with Gasteiger partial charge in [-0.1, -0.05) is 6.08 Å². The number of amides is 1. The molecule has 0 aromatic heterocycles. The van der Waals surface area contributed by atoms with Crippen LogP contribution in [0.25, 0.3) is 0 Å². The van der Waals surface area contributed by atoms with Crippen LogP contribution in [0.5, 0.6) is 0 Å². The Kier molecular flexibility index (Phi) is 6.24. The fourth-order valence-corrected chi connectivity index (χ4v) is 1.01. The first-order valence-electron chi connectivity index (χ1n) is 4.75. The van der Waals surface area contributed by atoms with Crippen LogP contribution in [0.4, 0.5) is 0 Å². The van der Waals surface area contributed by atoms with Crippen molar-refractivity contribution in [1.29, 1.82) is 0 Å². The van der Waals surface area contributed by atoms with E-state index < -0.39 is 0 Å². The summed E-state index contributed by atoms with van der Waals surface area (Å²) in [6, 6.07) is 0. The van der Waals surface area contributed by atoms with E-state index in [4.69, 9.17) is 5.11 Å². The fraction of sp³-hybridized carbons (Fsp3) is 0.700. The highest BCUT2D eigenvalue weighted by atomic mass is 16.3. The number of nitrogens with zero attached hydrogens (tertiary/aromatic N) is 1. The predicted octanol–water partition coefficient (Wildman–Crippen LogP) is 1.18.